The van der Waals surface area contributed by atoms with Crippen molar-refractivity contribution >= 4 is 0 Å². The molecule has 0 aliphatic carbocycles. The second kappa shape index (κ2) is 8.82. The van der Waals surface area contributed by atoms with Crippen LogP contribution in [-0.4, -0.2) is 6.54 Å². The Labute approximate surface area is 69.4 Å². The average Bonchev–Trinajstić information content (AvgIpc) is 0.918. The van der Waals surface area contributed by atoms with E-state index in [4.69, 9.17) is 5.73 Å². The molecule has 20 valence electrons. The van der Waals surface area contributed by atoms with E-state index in [1.54, 1.807) is 6.92 Å². The fourth-order valence-corrected chi connectivity index (χ4v) is 0. The summed E-state index contributed by atoms with van der Waals surface area (Å²) >= 11 is 0. The zero-order valence-electron chi connectivity index (χ0n) is 3.21. The van der Waals surface area contributed by atoms with Crippen LogP contribution < -0.4 is 51.4 Å². The Bertz CT molecular complexity index is 6.00. The molecule has 0 atom stereocenters. The van der Waals surface area contributed by atoms with Crippen molar-refractivity contribution < 1.29 is 51.4 Å². The fraction of sp³-hybridized carbons (Fsp3) is 1.00. The fourth-order valence-electron chi connectivity index (χ4n) is 0. The molecular weight excluding hydrogens is 77.1 g/mol. The molecule has 0 aliphatic rings. The van der Waals surface area contributed by atoms with E-state index in [-0.39, 0.29) is 51.4 Å². The Morgan fingerprint density at radius 3 is 1.75 bits per heavy atom. The van der Waals surface area contributed by atoms with Gasteiger partial charge in [-0.05, 0) is 0 Å². The molecule has 0 spiro atoms. The minimum atomic E-state index is 0. The van der Waals surface area contributed by atoms with Crippen LogP contribution in [0.25, 0.3) is 5.73 Å². The molecule has 0 unspecified atom stereocenters. The molecule has 0 radical (unpaired) electrons. The summed E-state index contributed by atoms with van der Waals surface area (Å²) < 4.78 is 0. The number of rotatable bonds is 0. The number of hydrogen-bond acceptors (Lipinski definition) is 0. The van der Waals surface area contributed by atoms with Gasteiger partial charge in [0.1, 0.15) is 0 Å². The SMILES string of the molecule is CC[NH-].[K+]. The van der Waals surface area contributed by atoms with Gasteiger partial charge in [0.2, 0.25) is 0 Å². The Hall–Kier alpha value is 1.60. The van der Waals surface area contributed by atoms with E-state index in [1.807, 2.05) is 0 Å². The first-order chi connectivity index (χ1) is 1.41. The van der Waals surface area contributed by atoms with Crippen molar-refractivity contribution in [2.75, 3.05) is 6.54 Å². The van der Waals surface area contributed by atoms with Crippen LogP contribution in [0.1, 0.15) is 6.92 Å². The first-order valence-electron chi connectivity index (χ1n) is 1.06. The second-order valence-corrected chi connectivity index (χ2v) is 0.354. The smallest absolute Gasteiger partial charge is 0.678 e. The van der Waals surface area contributed by atoms with Crippen LogP contribution in [0.3, 0.4) is 0 Å². The maximum Gasteiger partial charge on any atom is 1.00 e. The Kier molecular flexibility index (Phi) is 20.2. The van der Waals surface area contributed by atoms with Gasteiger partial charge in [0, 0.05) is 0 Å². The van der Waals surface area contributed by atoms with Gasteiger partial charge in [0.05, 0.1) is 0 Å². The zero-order chi connectivity index (χ0) is 2.71. The van der Waals surface area contributed by atoms with E-state index in [2.05, 4.69) is 0 Å². The minimum Gasteiger partial charge on any atom is -0.678 e. The standard InChI is InChI=1S/C2H6N.K/c1-2-3;/h3H,2H2,1H3;/q-1;+1. The quantitative estimate of drug-likeness (QED) is 0.304. The van der Waals surface area contributed by atoms with E-state index in [1.165, 1.54) is 0 Å². The molecule has 1 N–H and O–H groups in total. The van der Waals surface area contributed by atoms with E-state index in [0.717, 1.165) is 0 Å². The van der Waals surface area contributed by atoms with Crippen LogP contribution in [0.4, 0.5) is 0 Å². The van der Waals surface area contributed by atoms with E-state index in [0.29, 0.717) is 6.54 Å². The summed E-state index contributed by atoms with van der Waals surface area (Å²) in [5, 5.41) is 0. The largest absolute Gasteiger partial charge is 1.00 e. The molecule has 0 aromatic rings. The predicted molar refractivity (Wildman–Crippen MR) is 14.9 cm³/mol. The van der Waals surface area contributed by atoms with E-state index >= 15 is 0 Å². The summed E-state index contributed by atoms with van der Waals surface area (Å²) in [6.45, 7) is 2.29. The summed E-state index contributed by atoms with van der Waals surface area (Å²) in [6.07, 6.45) is 0. The van der Waals surface area contributed by atoms with Crippen LogP contribution in [0.2, 0.25) is 0 Å². The molecule has 0 saturated heterocycles. The average molecular weight is 83.2 g/mol. The molecule has 0 rings (SSSR count). The summed E-state index contributed by atoms with van der Waals surface area (Å²) in [4.78, 5) is 0. The topological polar surface area (TPSA) is 23.8 Å². The van der Waals surface area contributed by atoms with Gasteiger partial charge >= 0.3 is 51.4 Å². The molecule has 0 saturated carbocycles. The van der Waals surface area contributed by atoms with Crippen LogP contribution in [0.15, 0.2) is 0 Å². The summed E-state index contributed by atoms with van der Waals surface area (Å²) in [5.41, 5.74) is 6.21. The van der Waals surface area contributed by atoms with Crippen molar-refractivity contribution in [1.82, 2.24) is 0 Å². The molecule has 0 aromatic heterocycles. The van der Waals surface area contributed by atoms with Gasteiger partial charge in [0.15, 0.2) is 0 Å². The van der Waals surface area contributed by atoms with Crippen molar-refractivity contribution in [3.8, 4) is 0 Å². The molecule has 0 fully saturated rings. The number of nitrogens with one attached hydrogen (secondary N) is 1. The van der Waals surface area contributed by atoms with Crippen LogP contribution in [0.5, 0.6) is 0 Å². The Morgan fingerprint density at radius 1 is 1.75 bits per heavy atom. The van der Waals surface area contributed by atoms with Crippen LogP contribution in [-0.2, 0) is 0 Å². The normalized spacial score (nSPS) is 4.50. The third-order valence-electron chi connectivity index (χ3n) is 0. The molecule has 0 amide bonds. The first kappa shape index (κ1) is 9.14. The third kappa shape index (κ3) is 9.51. The van der Waals surface area contributed by atoms with Crippen LogP contribution >= 0.6 is 0 Å². The van der Waals surface area contributed by atoms with Gasteiger partial charge in [-0.3, -0.25) is 0 Å². The summed E-state index contributed by atoms with van der Waals surface area (Å²) in [6, 6.07) is 0. The van der Waals surface area contributed by atoms with Gasteiger partial charge in [-0.1, -0.05) is 6.92 Å². The summed E-state index contributed by atoms with van der Waals surface area (Å²) in [5.74, 6) is 0. The maximum absolute atomic E-state index is 6.21. The molecule has 4 heavy (non-hydrogen) atoms. The van der Waals surface area contributed by atoms with E-state index < -0.39 is 0 Å². The molecular formula is C2H6KN. The van der Waals surface area contributed by atoms with E-state index in [9.17, 15) is 0 Å². The molecule has 0 bridgehead atoms. The second-order valence-electron chi connectivity index (χ2n) is 0.354. The monoisotopic (exact) mass is 83.0 g/mol. The van der Waals surface area contributed by atoms with Crippen molar-refractivity contribution in [3.63, 3.8) is 0 Å². The maximum atomic E-state index is 6.21. The molecule has 1 nitrogen and oxygen atoms in total. The molecule has 0 heterocycles. The molecule has 2 heteroatoms. The van der Waals surface area contributed by atoms with Crippen molar-refractivity contribution in [2.24, 2.45) is 0 Å². The molecule has 0 aromatic carbocycles. The van der Waals surface area contributed by atoms with Gasteiger partial charge in [-0.2, -0.15) is 6.54 Å². The first-order valence-corrected chi connectivity index (χ1v) is 1.06. The zero-order valence-corrected chi connectivity index (χ0v) is 6.33. The van der Waals surface area contributed by atoms with Crippen molar-refractivity contribution in [2.45, 2.75) is 6.92 Å². The van der Waals surface area contributed by atoms with Crippen molar-refractivity contribution in [3.05, 3.63) is 5.73 Å². The Morgan fingerprint density at radius 2 is 1.75 bits per heavy atom. The minimum absolute atomic E-state index is 0. The Balaban J connectivity index is 0. The van der Waals surface area contributed by atoms with Gasteiger partial charge < -0.3 is 5.73 Å². The third-order valence-corrected chi connectivity index (χ3v) is 0. The molecule has 0 aliphatic heterocycles. The van der Waals surface area contributed by atoms with Gasteiger partial charge in [-0.25, -0.2) is 0 Å². The van der Waals surface area contributed by atoms with Crippen LogP contribution in [0, 0.1) is 0 Å². The summed E-state index contributed by atoms with van der Waals surface area (Å²) in [7, 11) is 0. The predicted octanol–water partition coefficient (Wildman–Crippen LogP) is -1.94. The van der Waals surface area contributed by atoms with Gasteiger partial charge in [0.25, 0.3) is 0 Å². The van der Waals surface area contributed by atoms with Gasteiger partial charge in [-0.15, -0.1) is 0 Å². The van der Waals surface area contributed by atoms with Crippen molar-refractivity contribution in [1.29, 1.82) is 0 Å². The number of hydrogen-bond donors (Lipinski definition) is 0.